The van der Waals surface area contributed by atoms with Crippen LogP contribution < -0.4 is 0 Å². The normalized spacial score (nSPS) is 11.6. The van der Waals surface area contributed by atoms with Crippen LogP contribution in [0.25, 0.3) is 0 Å². The first-order chi connectivity index (χ1) is 11.9. The van der Waals surface area contributed by atoms with Crippen molar-refractivity contribution in [1.29, 1.82) is 0 Å². The number of aryl methyl sites for hydroxylation is 2. The van der Waals surface area contributed by atoms with Crippen LogP contribution in [0, 0.1) is 19.9 Å². The van der Waals surface area contributed by atoms with E-state index in [0.29, 0.717) is 0 Å². The molecule has 0 bridgehead atoms. The van der Waals surface area contributed by atoms with E-state index in [-0.39, 0.29) is 50.7 Å². The predicted molar refractivity (Wildman–Crippen MR) is 96.6 cm³/mol. The third kappa shape index (κ3) is 6.22. The van der Waals surface area contributed by atoms with Crippen molar-refractivity contribution in [3.05, 3.63) is 65.2 Å². The van der Waals surface area contributed by atoms with Gasteiger partial charge in [0.2, 0.25) is 10.0 Å². The van der Waals surface area contributed by atoms with Gasteiger partial charge in [0.05, 0.1) is 11.4 Å². The van der Waals surface area contributed by atoms with Gasteiger partial charge >= 0.3 is 0 Å². The first-order valence-corrected chi connectivity index (χ1v) is 9.40. The van der Waals surface area contributed by atoms with E-state index in [1.165, 1.54) is 18.5 Å². The smallest absolute Gasteiger partial charge is 0.243 e. The Morgan fingerprint density at radius 2 is 1.58 bits per heavy atom. The average Bonchev–Trinajstić information content (AvgIpc) is 2.60. The van der Waals surface area contributed by atoms with Gasteiger partial charge in [-0.05, 0) is 19.1 Å². The monoisotopic (exact) mass is 451 g/mol. The Hall–Kier alpha value is -0.626. The molecule has 26 heavy (non-hydrogen) atoms. The van der Waals surface area contributed by atoms with Gasteiger partial charge in [-0.1, -0.05) is 24.6 Å². The molecule has 0 aliphatic carbocycles. The third-order valence-corrected chi connectivity index (χ3v) is 5.74. The summed E-state index contributed by atoms with van der Waals surface area (Å²) < 4.78 is 37.9. The molecule has 0 unspecified atom stereocenters. The van der Waals surface area contributed by atoms with E-state index in [2.05, 4.69) is 6.07 Å². The van der Waals surface area contributed by atoms with Crippen LogP contribution in [0.3, 0.4) is 0 Å². The van der Waals surface area contributed by atoms with Gasteiger partial charge in [-0.3, -0.25) is 0 Å². The second-order valence-electron chi connectivity index (χ2n) is 5.90. The molecule has 5 nitrogen and oxygen atoms in total. The molecule has 2 rings (SSSR count). The summed E-state index contributed by atoms with van der Waals surface area (Å²) in [5.41, 5.74) is 2.86. The van der Waals surface area contributed by atoms with E-state index in [1.807, 2.05) is 32.0 Å². The van der Waals surface area contributed by atoms with E-state index in [1.54, 1.807) is 24.3 Å². The first kappa shape index (κ1) is 23.4. The standard InChI is InChI=1S/C19H24NO4S.Y/c1-15-5-9-17(10-6-15)13-20(14-19(23-3)24-4)25(21,22)18-11-7-16(2)8-12-18;/h5-9,11-12,19H,13-14H2,1-4H3;/q-1;. The van der Waals surface area contributed by atoms with Crippen molar-refractivity contribution in [2.24, 2.45) is 0 Å². The van der Waals surface area contributed by atoms with Gasteiger partial charge in [-0.15, -0.1) is 5.56 Å². The molecular weight excluding hydrogens is 427 g/mol. The molecule has 139 valence electrons. The van der Waals surface area contributed by atoms with Gasteiger partial charge in [-0.2, -0.15) is 34.1 Å². The predicted octanol–water partition coefficient (Wildman–Crippen LogP) is 2.91. The average molecular weight is 451 g/mol. The molecule has 0 saturated heterocycles. The van der Waals surface area contributed by atoms with Gasteiger partial charge < -0.3 is 9.47 Å². The van der Waals surface area contributed by atoms with Crippen LogP contribution in [0.1, 0.15) is 16.7 Å². The fourth-order valence-corrected chi connectivity index (χ4v) is 3.75. The Morgan fingerprint density at radius 1 is 1.00 bits per heavy atom. The molecule has 0 spiro atoms. The Morgan fingerprint density at radius 3 is 2.08 bits per heavy atom. The van der Waals surface area contributed by atoms with Crippen LogP contribution in [0.2, 0.25) is 0 Å². The largest absolute Gasteiger partial charge is 0.354 e. The van der Waals surface area contributed by atoms with Gasteiger partial charge in [0.1, 0.15) is 0 Å². The van der Waals surface area contributed by atoms with E-state index in [9.17, 15) is 8.42 Å². The van der Waals surface area contributed by atoms with E-state index < -0.39 is 16.3 Å². The fourth-order valence-electron chi connectivity index (χ4n) is 2.34. The summed E-state index contributed by atoms with van der Waals surface area (Å²) in [6, 6.07) is 15.6. The molecule has 2 aromatic rings. The summed E-state index contributed by atoms with van der Waals surface area (Å²) in [6.45, 7) is 4.17. The molecule has 0 saturated carbocycles. The molecule has 0 heterocycles. The van der Waals surface area contributed by atoms with Crippen molar-refractivity contribution in [1.82, 2.24) is 4.31 Å². The van der Waals surface area contributed by atoms with Crippen molar-refractivity contribution >= 4 is 10.0 Å². The topological polar surface area (TPSA) is 55.8 Å². The van der Waals surface area contributed by atoms with E-state index in [0.717, 1.165) is 16.7 Å². The zero-order valence-corrected chi connectivity index (χ0v) is 19.3. The number of rotatable bonds is 8. The quantitative estimate of drug-likeness (QED) is 0.458. The number of hydrogen-bond acceptors (Lipinski definition) is 4. The number of nitrogens with zero attached hydrogens (tertiary/aromatic N) is 1. The molecule has 0 atom stereocenters. The first-order valence-electron chi connectivity index (χ1n) is 7.96. The molecule has 0 N–H and O–H groups in total. The minimum absolute atomic E-state index is 0. The van der Waals surface area contributed by atoms with E-state index >= 15 is 0 Å². The second kappa shape index (κ2) is 10.6. The van der Waals surface area contributed by atoms with Crippen molar-refractivity contribution in [2.75, 3.05) is 20.8 Å². The molecular formula is C19H24NO4SY-. The zero-order valence-electron chi connectivity index (χ0n) is 15.6. The summed E-state index contributed by atoms with van der Waals surface area (Å²) in [5.74, 6) is 0. The molecule has 0 aliphatic rings. The Kier molecular flexibility index (Phi) is 9.58. The summed E-state index contributed by atoms with van der Waals surface area (Å²) in [4.78, 5) is 0.246. The maximum Gasteiger partial charge on any atom is 0.243 e. The van der Waals surface area contributed by atoms with Crippen LogP contribution in [-0.2, 0) is 58.8 Å². The minimum atomic E-state index is -3.69. The summed E-state index contributed by atoms with van der Waals surface area (Å²) >= 11 is 0. The fraction of sp³-hybridized carbons (Fsp3) is 0.368. The van der Waals surface area contributed by atoms with Crippen molar-refractivity contribution < 1.29 is 50.6 Å². The molecule has 0 amide bonds. The minimum Gasteiger partial charge on any atom is -0.354 e. The molecule has 0 fully saturated rings. The summed E-state index contributed by atoms with van der Waals surface area (Å²) in [7, 11) is -0.710. The van der Waals surface area contributed by atoms with Crippen LogP contribution >= 0.6 is 0 Å². The van der Waals surface area contributed by atoms with Crippen LogP contribution in [0.4, 0.5) is 0 Å². The molecule has 0 aliphatic heterocycles. The third-order valence-electron chi connectivity index (χ3n) is 3.92. The van der Waals surface area contributed by atoms with Gasteiger partial charge in [0, 0.05) is 53.5 Å². The van der Waals surface area contributed by atoms with Gasteiger partial charge in [0.15, 0.2) is 6.29 Å². The Labute approximate surface area is 181 Å². The summed E-state index contributed by atoms with van der Waals surface area (Å²) in [5, 5.41) is 0. The number of ether oxygens (including phenoxy) is 2. The Balaban J connectivity index is 0.00000338. The molecule has 2 aromatic carbocycles. The number of benzene rings is 2. The number of sulfonamides is 1. The number of hydrogen-bond donors (Lipinski definition) is 0. The van der Waals surface area contributed by atoms with E-state index in [4.69, 9.17) is 9.47 Å². The molecule has 1 radical (unpaired) electrons. The molecule has 7 heteroatoms. The summed E-state index contributed by atoms with van der Waals surface area (Å²) in [6.07, 6.45) is -0.648. The van der Waals surface area contributed by atoms with Crippen LogP contribution in [0.15, 0.2) is 47.4 Å². The van der Waals surface area contributed by atoms with Crippen molar-refractivity contribution in [3.8, 4) is 0 Å². The van der Waals surface area contributed by atoms with Gasteiger partial charge in [0.25, 0.3) is 0 Å². The second-order valence-corrected chi connectivity index (χ2v) is 7.84. The maximum absolute atomic E-state index is 13.1. The van der Waals surface area contributed by atoms with Crippen LogP contribution in [0.5, 0.6) is 0 Å². The molecule has 0 aromatic heterocycles. The number of methoxy groups -OCH3 is 2. The SMILES string of the molecule is COC(CN(Cc1[c-]cc(C)cc1)S(=O)(=O)c1ccc(C)cc1)OC.[Y]. The Bertz CT molecular complexity index is 772. The van der Waals surface area contributed by atoms with Gasteiger partial charge in [-0.25, -0.2) is 8.42 Å². The van der Waals surface area contributed by atoms with Crippen molar-refractivity contribution in [3.63, 3.8) is 0 Å². The van der Waals surface area contributed by atoms with Crippen LogP contribution in [-0.4, -0.2) is 39.8 Å². The zero-order chi connectivity index (χ0) is 18.4. The van der Waals surface area contributed by atoms with Crippen molar-refractivity contribution in [2.45, 2.75) is 31.6 Å². The maximum atomic E-state index is 13.1.